The molecule has 2 aliphatic rings. The van der Waals surface area contributed by atoms with Crippen LogP contribution < -0.4 is 9.64 Å². The van der Waals surface area contributed by atoms with Gasteiger partial charge in [-0.15, -0.1) is 0 Å². The first kappa shape index (κ1) is 28.1. The molecule has 9 rings (SSSR count). The van der Waals surface area contributed by atoms with Crippen LogP contribution >= 0.6 is 0 Å². The standard InChI is InChI=1S/C46H33NO/c1-3-14-32(15-4-1)33-26-28-35(29-27-33)47(42-23-10-7-18-36(42)34-16-5-2-6-17-34)43-31-30-40-38-20-9-12-25-45(38)48-44-24-11-8-19-37(44)39-21-13-22-41(43)46(39)40/h1-31,37,44H. The maximum Gasteiger partial charge on any atom is 0.128 e. The molecule has 0 spiro atoms. The number of fused-ring (bicyclic) bond motifs is 4. The number of para-hydroxylation sites is 2. The molecule has 228 valence electrons. The third kappa shape index (κ3) is 4.82. The molecule has 0 fully saturated rings. The molecule has 0 N–H and O–H groups in total. The first-order chi connectivity index (χ1) is 23.8. The molecule has 0 radical (unpaired) electrons. The number of ether oxygens (including phenoxy) is 1. The topological polar surface area (TPSA) is 12.5 Å². The second kappa shape index (κ2) is 11.9. The highest BCUT2D eigenvalue weighted by Gasteiger charge is 2.30. The molecule has 2 atom stereocenters. The lowest BCUT2D eigenvalue weighted by Gasteiger charge is -2.33. The Morgan fingerprint density at radius 2 is 1.10 bits per heavy atom. The zero-order valence-corrected chi connectivity index (χ0v) is 26.4. The van der Waals surface area contributed by atoms with Gasteiger partial charge >= 0.3 is 0 Å². The van der Waals surface area contributed by atoms with Crippen LogP contribution in [-0.2, 0) is 0 Å². The van der Waals surface area contributed by atoms with Crippen LogP contribution in [0.5, 0.6) is 5.75 Å². The number of allylic oxidation sites excluding steroid dienone is 2. The first-order valence-corrected chi connectivity index (χ1v) is 16.6. The molecule has 2 unspecified atom stereocenters. The lowest BCUT2D eigenvalue weighted by Crippen LogP contribution is -2.25. The summed E-state index contributed by atoms with van der Waals surface area (Å²) in [6, 6.07) is 58.8. The van der Waals surface area contributed by atoms with E-state index in [0.29, 0.717) is 0 Å². The Balaban J connectivity index is 1.32. The number of benzene rings is 7. The molecule has 0 aromatic heterocycles. The highest BCUT2D eigenvalue weighted by atomic mass is 16.5. The zero-order valence-electron chi connectivity index (χ0n) is 26.4. The molecule has 1 aliphatic carbocycles. The fraction of sp³-hybridized carbons (Fsp3) is 0.0435. The van der Waals surface area contributed by atoms with Gasteiger partial charge in [0, 0.05) is 28.1 Å². The molecule has 1 heterocycles. The molecule has 48 heavy (non-hydrogen) atoms. The van der Waals surface area contributed by atoms with Crippen LogP contribution in [0.4, 0.5) is 17.1 Å². The van der Waals surface area contributed by atoms with Crippen molar-refractivity contribution in [1.29, 1.82) is 0 Å². The van der Waals surface area contributed by atoms with Gasteiger partial charge in [-0.05, 0) is 69.6 Å². The van der Waals surface area contributed by atoms with E-state index in [0.717, 1.165) is 28.4 Å². The van der Waals surface area contributed by atoms with Crippen molar-refractivity contribution in [2.24, 2.45) is 0 Å². The molecule has 0 bridgehead atoms. The average Bonchev–Trinajstić information content (AvgIpc) is 3.16. The molecule has 0 saturated carbocycles. The van der Waals surface area contributed by atoms with Crippen molar-refractivity contribution in [1.82, 2.24) is 0 Å². The van der Waals surface area contributed by atoms with E-state index in [9.17, 15) is 0 Å². The van der Waals surface area contributed by atoms with Gasteiger partial charge < -0.3 is 9.64 Å². The molecular weight excluding hydrogens is 583 g/mol. The summed E-state index contributed by atoms with van der Waals surface area (Å²) in [6.45, 7) is 0. The summed E-state index contributed by atoms with van der Waals surface area (Å²) < 4.78 is 6.71. The summed E-state index contributed by atoms with van der Waals surface area (Å²) in [7, 11) is 0. The van der Waals surface area contributed by atoms with Crippen LogP contribution in [0.15, 0.2) is 188 Å². The van der Waals surface area contributed by atoms with Crippen molar-refractivity contribution < 1.29 is 4.74 Å². The first-order valence-electron chi connectivity index (χ1n) is 16.6. The lowest BCUT2D eigenvalue weighted by molar-refractivity contribution is 0.233. The number of hydrogen-bond donors (Lipinski definition) is 0. The highest BCUT2D eigenvalue weighted by molar-refractivity contribution is 6.09. The Bertz CT molecular complexity index is 2320. The summed E-state index contributed by atoms with van der Waals surface area (Å²) >= 11 is 0. The Morgan fingerprint density at radius 3 is 1.92 bits per heavy atom. The van der Waals surface area contributed by atoms with E-state index in [1.54, 1.807) is 0 Å². The summed E-state index contributed by atoms with van der Waals surface area (Å²) in [5.41, 5.74) is 11.7. The van der Waals surface area contributed by atoms with E-state index >= 15 is 0 Å². The minimum absolute atomic E-state index is 0.0843. The van der Waals surface area contributed by atoms with Crippen molar-refractivity contribution in [2.75, 3.05) is 4.90 Å². The van der Waals surface area contributed by atoms with Crippen molar-refractivity contribution in [2.45, 2.75) is 12.0 Å². The van der Waals surface area contributed by atoms with E-state index in [1.807, 2.05) is 0 Å². The number of anilines is 3. The molecule has 0 saturated heterocycles. The Hall–Kier alpha value is -6.12. The molecular formula is C46H33NO. The predicted molar refractivity (Wildman–Crippen MR) is 200 cm³/mol. The fourth-order valence-corrected chi connectivity index (χ4v) is 7.41. The van der Waals surface area contributed by atoms with Gasteiger partial charge in [-0.25, -0.2) is 0 Å². The van der Waals surface area contributed by atoms with Crippen LogP contribution in [0.1, 0.15) is 11.5 Å². The van der Waals surface area contributed by atoms with Crippen LogP contribution in [0, 0.1) is 0 Å². The number of rotatable bonds is 5. The van der Waals surface area contributed by atoms with Crippen LogP contribution in [0.25, 0.3) is 44.2 Å². The minimum atomic E-state index is -0.0843. The van der Waals surface area contributed by atoms with Gasteiger partial charge in [0.1, 0.15) is 11.9 Å². The van der Waals surface area contributed by atoms with Crippen LogP contribution in [0.2, 0.25) is 0 Å². The second-order valence-electron chi connectivity index (χ2n) is 12.4. The molecule has 2 heteroatoms. The van der Waals surface area contributed by atoms with E-state index in [2.05, 4.69) is 193 Å². The number of nitrogens with zero attached hydrogens (tertiary/aromatic N) is 1. The van der Waals surface area contributed by atoms with Crippen LogP contribution in [0.3, 0.4) is 0 Å². The van der Waals surface area contributed by atoms with Gasteiger partial charge in [-0.3, -0.25) is 0 Å². The fourth-order valence-electron chi connectivity index (χ4n) is 7.41. The molecule has 1 aliphatic heterocycles. The maximum atomic E-state index is 6.71. The van der Waals surface area contributed by atoms with Gasteiger partial charge in [0.05, 0.1) is 11.4 Å². The summed E-state index contributed by atoms with van der Waals surface area (Å²) in [4.78, 5) is 2.44. The lowest BCUT2D eigenvalue weighted by atomic mass is 9.82. The summed E-state index contributed by atoms with van der Waals surface area (Å²) in [6.07, 6.45) is 8.64. The maximum absolute atomic E-state index is 6.71. The highest BCUT2D eigenvalue weighted by Crippen LogP contribution is 2.49. The average molecular weight is 616 g/mol. The van der Waals surface area contributed by atoms with Crippen molar-refractivity contribution >= 4 is 27.8 Å². The van der Waals surface area contributed by atoms with Crippen LogP contribution in [-0.4, -0.2) is 6.10 Å². The van der Waals surface area contributed by atoms with Gasteiger partial charge in [0.2, 0.25) is 0 Å². The molecule has 7 aromatic carbocycles. The van der Waals surface area contributed by atoms with Crippen molar-refractivity contribution in [3.05, 3.63) is 194 Å². The van der Waals surface area contributed by atoms with E-state index < -0.39 is 0 Å². The zero-order chi connectivity index (χ0) is 31.9. The number of hydrogen-bond acceptors (Lipinski definition) is 2. The minimum Gasteiger partial charge on any atom is -0.485 e. The van der Waals surface area contributed by atoms with Gasteiger partial charge in [-0.2, -0.15) is 0 Å². The Morgan fingerprint density at radius 1 is 0.438 bits per heavy atom. The molecule has 2 nitrogen and oxygen atoms in total. The quantitative estimate of drug-likeness (QED) is 0.191. The smallest absolute Gasteiger partial charge is 0.128 e. The molecule has 0 amide bonds. The van der Waals surface area contributed by atoms with E-state index in [4.69, 9.17) is 4.74 Å². The SMILES string of the molecule is C1=CC2Oc3ccccc3-c3ccc(N(c4ccc(-c5ccccc5)cc4)c4ccccc4-c4ccccc4)c4cccc(c34)C2C=C1. The van der Waals surface area contributed by atoms with Gasteiger partial charge in [0.25, 0.3) is 0 Å². The largest absolute Gasteiger partial charge is 0.485 e. The summed E-state index contributed by atoms with van der Waals surface area (Å²) in [5.74, 6) is 1.01. The summed E-state index contributed by atoms with van der Waals surface area (Å²) in [5, 5.41) is 2.47. The third-order valence-corrected chi connectivity index (χ3v) is 9.64. The third-order valence-electron chi connectivity index (χ3n) is 9.64. The Kier molecular flexibility index (Phi) is 6.98. The normalized spacial score (nSPS) is 15.9. The monoisotopic (exact) mass is 615 g/mol. The van der Waals surface area contributed by atoms with Gasteiger partial charge in [0.15, 0.2) is 0 Å². The second-order valence-corrected chi connectivity index (χ2v) is 12.4. The van der Waals surface area contributed by atoms with Crippen molar-refractivity contribution in [3.63, 3.8) is 0 Å². The molecule has 7 aromatic rings. The predicted octanol–water partition coefficient (Wildman–Crippen LogP) is 12.3. The Labute approximate surface area is 281 Å². The van der Waals surface area contributed by atoms with Gasteiger partial charge in [-0.1, -0.05) is 152 Å². The van der Waals surface area contributed by atoms with E-state index in [1.165, 1.54) is 44.2 Å². The van der Waals surface area contributed by atoms with Crippen molar-refractivity contribution in [3.8, 4) is 39.1 Å². The van der Waals surface area contributed by atoms with E-state index in [-0.39, 0.29) is 12.0 Å².